The number of hydrogen-bond donors (Lipinski definition) is 3. The summed E-state index contributed by atoms with van der Waals surface area (Å²) >= 11 is 0. The van der Waals surface area contributed by atoms with Crippen LogP contribution in [0.1, 0.15) is 98.3 Å². The zero-order chi connectivity index (χ0) is 25.5. The van der Waals surface area contributed by atoms with Gasteiger partial charge in [0.1, 0.15) is 0 Å². The van der Waals surface area contributed by atoms with E-state index in [0.717, 1.165) is 32.1 Å². The fourth-order valence-corrected chi connectivity index (χ4v) is 9.58. The monoisotopic (exact) mass is 491 g/mol. The van der Waals surface area contributed by atoms with E-state index in [2.05, 4.69) is 20.8 Å². The van der Waals surface area contributed by atoms with E-state index in [0.29, 0.717) is 55.0 Å². The number of carboxylic acids is 1. The lowest BCUT2D eigenvalue weighted by Crippen LogP contribution is -2.58. The van der Waals surface area contributed by atoms with Crippen LogP contribution in [0.15, 0.2) is 0 Å². The first-order valence-corrected chi connectivity index (χ1v) is 14.4. The van der Waals surface area contributed by atoms with Crippen molar-refractivity contribution in [3.63, 3.8) is 0 Å². The molecule has 4 aliphatic carbocycles. The molecular weight excluding hydrogens is 442 g/mol. The fraction of sp³-hybridized carbons (Fsp3) is 0.931. The summed E-state index contributed by atoms with van der Waals surface area (Å²) < 4.78 is 0. The molecule has 6 heteroatoms. The molecule has 0 heterocycles. The molecule has 0 aromatic rings. The predicted octanol–water partition coefficient (Wildman–Crippen LogP) is 4.72. The highest BCUT2D eigenvalue weighted by molar-refractivity contribution is 5.77. The van der Waals surface area contributed by atoms with E-state index < -0.39 is 5.97 Å². The lowest BCUT2D eigenvalue weighted by atomic mass is 9.43. The van der Waals surface area contributed by atoms with Crippen molar-refractivity contribution in [3.8, 4) is 0 Å². The molecule has 3 N–H and O–H groups in total. The van der Waals surface area contributed by atoms with Gasteiger partial charge in [-0.25, -0.2) is 0 Å². The average molecular weight is 492 g/mol. The van der Waals surface area contributed by atoms with Crippen LogP contribution >= 0.6 is 0 Å². The fourth-order valence-electron chi connectivity index (χ4n) is 9.58. The number of aliphatic hydroxyl groups excluding tert-OH is 2. The molecule has 0 bridgehead atoms. The van der Waals surface area contributed by atoms with Crippen molar-refractivity contribution in [3.05, 3.63) is 0 Å². The molecule has 0 radical (unpaired) electrons. The summed E-state index contributed by atoms with van der Waals surface area (Å²) in [5.41, 5.74) is 0.468. The van der Waals surface area contributed by atoms with Gasteiger partial charge >= 0.3 is 5.97 Å². The molecule has 4 aliphatic rings. The van der Waals surface area contributed by atoms with Crippen LogP contribution in [0.3, 0.4) is 0 Å². The molecule has 0 aromatic heterocycles. The molecule has 1 amide bonds. The van der Waals surface area contributed by atoms with Gasteiger partial charge in [-0.1, -0.05) is 20.8 Å². The van der Waals surface area contributed by atoms with Crippen LogP contribution in [0, 0.1) is 46.3 Å². The SMILES string of the molecule is CCN(CCC(=O)O)C(=O)CC[C@@H](C)[C@H]1CC[C@H]2[C@@H]3[C@H](O)C[C@@H]4C[C@H](O)CC[C@]4(C)[C@H]3CC[C@]12C. The first kappa shape index (κ1) is 26.9. The molecule has 0 spiro atoms. The van der Waals surface area contributed by atoms with E-state index in [1.54, 1.807) is 4.90 Å². The third kappa shape index (κ3) is 4.91. The largest absolute Gasteiger partial charge is 0.481 e. The number of amides is 1. The topological polar surface area (TPSA) is 98.1 Å². The zero-order valence-electron chi connectivity index (χ0n) is 22.4. The minimum Gasteiger partial charge on any atom is -0.481 e. The maximum Gasteiger partial charge on any atom is 0.305 e. The lowest BCUT2D eigenvalue weighted by Gasteiger charge is -2.62. The Morgan fingerprint density at radius 2 is 1.66 bits per heavy atom. The van der Waals surface area contributed by atoms with E-state index >= 15 is 0 Å². The Balaban J connectivity index is 1.41. The van der Waals surface area contributed by atoms with Gasteiger partial charge < -0.3 is 20.2 Å². The van der Waals surface area contributed by atoms with Crippen molar-refractivity contribution < 1.29 is 24.9 Å². The van der Waals surface area contributed by atoms with E-state index in [-0.39, 0.29) is 35.4 Å². The minimum absolute atomic E-state index is 0.00112. The smallest absolute Gasteiger partial charge is 0.305 e. The van der Waals surface area contributed by atoms with Gasteiger partial charge in [0.2, 0.25) is 5.91 Å². The van der Waals surface area contributed by atoms with E-state index in [4.69, 9.17) is 5.11 Å². The Kier molecular flexibility index (Phi) is 7.93. The summed E-state index contributed by atoms with van der Waals surface area (Å²) in [5, 5.41) is 30.7. The highest BCUT2D eigenvalue weighted by Crippen LogP contribution is 2.68. The van der Waals surface area contributed by atoms with Crippen molar-refractivity contribution in [2.75, 3.05) is 13.1 Å². The van der Waals surface area contributed by atoms with E-state index in [9.17, 15) is 19.8 Å². The molecular formula is C29H49NO5. The summed E-state index contributed by atoms with van der Waals surface area (Å²) in [5.74, 6) is 2.15. The number of fused-ring (bicyclic) bond motifs is 5. The number of aliphatic carboxylic acids is 1. The Morgan fingerprint density at radius 1 is 0.971 bits per heavy atom. The Hall–Kier alpha value is -1.14. The standard InChI is InChI=1S/C29H49NO5/c1-5-30(15-12-26(34)35)25(33)9-6-18(2)21-7-8-22-27-23(11-14-29(21,22)4)28(3)13-10-20(31)16-19(28)17-24(27)32/h18-24,27,31-32H,5-17H2,1-4H3,(H,34,35)/t18-,19+,20-,21-,22+,23+,24-,27+,28+,29-/m1/s1. The first-order chi connectivity index (χ1) is 16.5. The highest BCUT2D eigenvalue weighted by atomic mass is 16.4. The molecule has 0 unspecified atom stereocenters. The highest BCUT2D eigenvalue weighted by Gasteiger charge is 2.62. The van der Waals surface area contributed by atoms with Gasteiger partial charge in [0.15, 0.2) is 0 Å². The molecule has 6 nitrogen and oxygen atoms in total. The van der Waals surface area contributed by atoms with Crippen LogP contribution in [0.4, 0.5) is 0 Å². The number of aliphatic hydroxyl groups is 2. The summed E-state index contributed by atoms with van der Waals surface area (Å²) in [7, 11) is 0. The maximum atomic E-state index is 12.8. The average Bonchev–Trinajstić information content (AvgIpc) is 3.16. The summed E-state index contributed by atoms with van der Waals surface area (Å²) in [6.07, 6.45) is 9.34. The van der Waals surface area contributed by atoms with Crippen molar-refractivity contribution in [2.24, 2.45) is 46.3 Å². The summed E-state index contributed by atoms with van der Waals surface area (Å²) in [6.45, 7) is 10.0. The van der Waals surface area contributed by atoms with Crippen molar-refractivity contribution in [2.45, 2.75) is 111 Å². The van der Waals surface area contributed by atoms with Gasteiger partial charge in [0, 0.05) is 19.5 Å². The second-order valence-electron chi connectivity index (χ2n) is 13.1. The molecule has 0 aliphatic heterocycles. The van der Waals surface area contributed by atoms with Gasteiger partial charge in [0.25, 0.3) is 0 Å². The summed E-state index contributed by atoms with van der Waals surface area (Å²) in [4.78, 5) is 25.4. The maximum absolute atomic E-state index is 12.8. The number of carboxylic acid groups (broad SMARTS) is 1. The van der Waals surface area contributed by atoms with Crippen LogP contribution in [0.5, 0.6) is 0 Å². The predicted molar refractivity (Wildman–Crippen MR) is 136 cm³/mol. The van der Waals surface area contributed by atoms with Crippen LogP contribution in [0.25, 0.3) is 0 Å². The molecule has 4 fully saturated rings. The number of carbonyl (C=O) groups excluding carboxylic acids is 1. The Bertz CT molecular complexity index is 787. The number of rotatable bonds is 8. The number of hydrogen-bond acceptors (Lipinski definition) is 4. The molecule has 200 valence electrons. The second-order valence-corrected chi connectivity index (χ2v) is 13.1. The quantitative estimate of drug-likeness (QED) is 0.457. The van der Waals surface area contributed by atoms with Gasteiger partial charge in [-0.05, 0) is 111 Å². The van der Waals surface area contributed by atoms with E-state index in [1.807, 2.05) is 6.92 Å². The molecule has 4 saturated carbocycles. The van der Waals surface area contributed by atoms with Crippen LogP contribution < -0.4 is 0 Å². The van der Waals surface area contributed by atoms with Crippen LogP contribution in [-0.4, -0.2) is 57.4 Å². The van der Waals surface area contributed by atoms with Gasteiger partial charge in [-0.2, -0.15) is 0 Å². The van der Waals surface area contributed by atoms with Crippen LogP contribution in [0.2, 0.25) is 0 Å². The lowest BCUT2D eigenvalue weighted by molar-refractivity contribution is -0.174. The third-order valence-electron chi connectivity index (χ3n) is 11.6. The zero-order valence-corrected chi connectivity index (χ0v) is 22.4. The van der Waals surface area contributed by atoms with Gasteiger partial charge in [0.05, 0.1) is 18.6 Å². The van der Waals surface area contributed by atoms with Crippen molar-refractivity contribution in [1.29, 1.82) is 0 Å². The van der Waals surface area contributed by atoms with Crippen molar-refractivity contribution in [1.82, 2.24) is 4.90 Å². The number of nitrogens with zero attached hydrogens (tertiary/aromatic N) is 1. The normalized spacial score (nSPS) is 43.5. The van der Waals surface area contributed by atoms with Crippen molar-refractivity contribution >= 4 is 11.9 Å². The Morgan fingerprint density at radius 3 is 2.34 bits per heavy atom. The molecule has 4 rings (SSSR count). The minimum atomic E-state index is -0.861. The Labute approximate surface area is 211 Å². The molecule has 0 saturated heterocycles. The molecule has 10 atom stereocenters. The third-order valence-corrected chi connectivity index (χ3v) is 11.6. The molecule has 0 aromatic carbocycles. The number of carbonyl (C=O) groups is 2. The second kappa shape index (κ2) is 10.3. The first-order valence-electron chi connectivity index (χ1n) is 14.4. The van der Waals surface area contributed by atoms with Gasteiger partial charge in [-0.3, -0.25) is 9.59 Å². The van der Waals surface area contributed by atoms with Gasteiger partial charge in [-0.15, -0.1) is 0 Å². The summed E-state index contributed by atoms with van der Waals surface area (Å²) in [6, 6.07) is 0. The van der Waals surface area contributed by atoms with E-state index in [1.165, 1.54) is 25.7 Å². The van der Waals surface area contributed by atoms with Crippen LogP contribution in [-0.2, 0) is 9.59 Å². The molecule has 35 heavy (non-hydrogen) atoms.